The fourth-order valence-corrected chi connectivity index (χ4v) is 5.30. The second kappa shape index (κ2) is 11.2. The highest BCUT2D eigenvalue weighted by molar-refractivity contribution is 7.99. The molecule has 1 unspecified atom stereocenters. The van der Waals surface area contributed by atoms with Gasteiger partial charge >= 0.3 is 0 Å². The minimum Gasteiger partial charge on any atom is -0.353 e. The van der Waals surface area contributed by atoms with Crippen LogP contribution in [0, 0.1) is 5.92 Å². The Labute approximate surface area is 203 Å². The first-order chi connectivity index (χ1) is 16.0. The Kier molecular flexibility index (Phi) is 8.03. The Morgan fingerprint density at radius 2 is 2.03 bits per heavy atom. The third-order valence-electron chi connectivity index (χ3n) is 6.13. The van der Waals surface area contributed by atoms with E-state index >= 15 is 0 Å². The zero-order valence-corrected chi connectivity index (χ0v) is 20.3. The molecule has 2 fully saturated rings. The maximum atomic E-state index is 12.9. The zero-order valence-electron chi connectivity index (χ0n) is 18.7. The maximum absolute atomic E-state index is 12.9. The smallest absolute Gasteiger partial charge is 0.230 e. The predicted octanol–water partition coefficient (Wildman–Crippen LogP) is 3.16. The lowest BCUT2D eigenvalue weighted by Crippen LogP contribution is -2.55. The molecule has 1 atom stereocenters. The van der Waals surface area contributed by atoms with Crippen LogP contribution in [-0.2, 0) is 16.1 Å². The Hall–Kier alpha value is -2.39. The number of anilines is 1. The van der Waals surface area contributed by atoms with E-state index in [0.717, 1.165) is 37.2 Å². The molecule has 2 amide bonds. The average Bonchev–Trinajstić information content (AvgIpc) is 3.36. The van der Waals surface area contributed by atoms with Gasteiger partial charge in [0.2, 0.25) is 11.8 Å². The summed E-state index contributed by atoms with van der Waals surface area (Å²) >= 11 is 7.51. The number of nitrogens with zero attached hydrogens (tertiary/aromatic N) is 5. The fraction of sp³-hybridized carbons (Fsp3) is 0.522. The highest BCUT2D eigenvalue weighted by Crippen LogP contribution is 2.29. The summed E-state index contributed by atoms with van der Waals surface area (Å²) in [5.74, 6) is 1.29. The molecule has 4 rings (SSSR count). The summed E-state index contributed by atoms with van der Waals surface area (Å²) in [7, 11) is 0. The minimum absolute atomic E-state index is 0.106. The van der Waals surface area contributed by atoms with Crippen LogP contribution in [0.5, 0.6) is 0 Å². The van der Waals surface area contributed by atoms with Gasteiger partial charge in [-0.1, -0.05) is 42.3 Å². The number of amides is 2. The Bertz CT molecular complexity index is 973. The summed E-state index contributed by atoms with van der Waals surface area (Å²) < 4.78 is 0. The molecule has 0 radical (unpaired) electrons. The number of carbonyl (C=O) groups is 2. The van der Waals surface area contributed by atoms with Crippen LogP contribution in [0.15, 0.2) is 35.6 Å². The molecule has 1 N–H and O–H groups in total. The molecule has 1 aliphatic heterocycles. The predicted molar refractivity (Wildman–Crippen MR) is 129 cm³/mol. The zero-order chi connectivity index (χ0) is 23.2. The van der Waals surface area contributed by atoms with E-state index in [1.165, 1.54) is 11.8 Å². The lowest BCUT2D eigenvalue weighted by atomic mass is 10.0. The van der Waals surface area contributed by atoms with Gasteiger partial charge in [-0.05, 0) is 31.9 Å². The fourth-order valence-electron chi connectivity index (χ4n) is 4.39. The summed E-state index contributed by atoms with van der Waals surface area (Å²) in [6, 6.07) is 7.43. The molecule has 2 aliphatic rings. The first-order valence-corrected chi connectivity index (χ1v) is 12.8. The van der Waals surface area contributed by atoms with Gasteiger partial charge in [0.25, 0.3) is 0 Å². The molecule has 0 aromatic carbocycles. The summed E-state index contributed by atoms with van der Waals surface area (Å²) in [6.45, 7) is 4.54. The van der Waals surface area contributed by atoms with E-state index in [1.807, 2.05) is 23.1 Å². The maximum Gasteiger partial charge on any atom is 0.230 e. The van der Waals surface area contributed by atoms with Crippen molar-refractivity contribution in [1.82, 2.24) is 25.2 Å². The van der Waals surface area contributed by atoms with E-state index in [-0.39, 0.29) is 23.6 Å². The SMILES string of the molecule is CC1CN(c2cc(Cl)nc(SCC(=O)NCc3ccccn3)n2)CCN1C(=O)C1CCCC1. The van der Waals surface area contributed by atoms with Gasteiger partial charge in [-0.2, -0.15) is 0 Å². The van der Waals surface area contributed by atoms with Crippen molar-refractivity contribution < 1.29 is 9.59 Å². The molecule has 1 saturated heterocycles. The van der Waals surface area contributed by atoms with Crippen LogP contribution in [0.1, 0.15) is 38.3 Å². The number of aromatic nitrogens is 3. The first kappa shape index (κ1) is 23.8. The van der Waals surface area contributed by atoms with Gasteiger partial charge in [-0.25, -0.2) is 9.97 Å². The van der Waals surface area contributed by atoms with Gasteiger partial charge in [-0.3, -0.25) is 14.6 Å². The van der Waals surface area contributed by atoms with Gasteiger partial charge in [0, 0.05) is 43.9 Å². The van der Waals surface area contributed by atoms with Crippen LogP contribution in [-0.4, -0.2) is 63.1 Å². The molecule has 33 heavy (non-hydrogen) atoms. The molecule has 2 aromatic rings. The van der Waals surface area contributed by atoms with Crippen molar-refractivity contribution in [3.05, 3.63) is 41.3 Å². The summed E-state index contributed by atoms with van der Waals surface area (Å²) in [4.78, 5) is 42.3. The van der Waals surface area contributed by atoms with Crippen molar-refractivity contribution in [3.8, 4) is 0 Å². The first-order valence-electron chi connectivity index (χ1n) is 11.4. The van der Waals surface area contributed by atoms with E-state index in [9.17, 15) is 9.59 Å². The number of hydrogen-bond donors (Lipinski definition) is 1. The van der Waals surface area contributed by atoms with Crippen LogP contribution in [0.3, 0.4) is 0 Å². The Morgan fingerprint density at radius 1 is 1.21 bits per heavy atom. The highest BCUT2D eigenvalue weighted by atomic mass is 35.5. The van der Waals surface area contributed by atoms with Crippen molar-refractivity contribution in [3.63, 3.8) is 0 Å². The lowest BCUT2D eigenvalue weighted by molar-refractivity contribution is -0.137. The molecule has 0 bridgehead atoms. The largest absolute Gasteiger partial charge is 0.353 e. The van der Waals surface area contributed by atoms with Crippen LogP contribution in [0.4, 0.5) is 5.82 Å². The molecule has 10 heteroatoms. The molecule has 0 spiro atoms. The van der Waals surface area contributed by atoms with Crippen LogP contribution in [0.25, 0.3) is 0 Å². The van der Waals surface area contributed by atoms with Gasteiger partial charge in [0.05, 0.1) is 18.0 Å². The van der Waals surface area contributed by atoms with E-state index in [2.05, 4.69) is 32.1 Å². The monoisotopic (exact) mass is 488 g/mol. The average molecular weight is 489 g/mol. The highest BCUT2D eigenvalue weighted by Gasteiger charge is 2.33. The van der Waals surface area contributed by atoms with Crippen molar-refractivity contribution in [2.24, 2.45) is 5.92 Å². The molecule has 3 heterocycles. The molecular formula is C23H29ClN6O2S. The molecule has 1 saturated carbocycles. The van der Waals surface area contributed by atoms with Crippen molar-refractivity contribution in [1.29, 1.82) is 0 Å². The number of hydrogen-bond acceptors (Lipinski definition) is 7. The van der Waals surface area contributed by atoms with E-state index in [4.69, 9.17) is 11.6 Å². The van der Waals surface area contributed by atoms with Crippen molar-refractivity contribution >= 4 is 41.0 Å². The van der Waals surface area contributed by atoms with Crippen LogP contribution >= 0.6 is 23.4 Å². The Morgan fingerprint density at radius 3 is 2.76 bits per heavy atom. The molecule has 176 valence electrons. The van der Waals surface area contributed by atoms with Crippen molar-refractivity contribution in [2.45, 2.75) is 50.4 Å². The second-order valence-electron chi connectivity index (χ2n) is 8.53. The third kappa shape index (κ3) is 6.35. The minimum atomic E-state index is -0.122. The standard InChI is InChI=1S/C23H29ClN6O2S/c1-16-14-29(10-11-30(16)22(32)17-6-2-3-7-17)20-12-19(24)27-23(28-20)33-15-21(31)26-13-18-8-4-5-9-25-18/h4-5,8-9,12,16-17H,2-3,6-7,10-11,13-15H2,1H3,(H,26,31). The number of pyridine rings is 1. The van der Waals surface area contributed by atoms with Gasteiger partial charge in [0.15, 0.2) is 5.16 Å². The second-order valence-corrected chi connectivity index (χ2v) is 9.86. The van der Waals surface area contributed by atoms with E-state index in [1.54, 1.807) is 12.3 Å². The topological polar surface area (TPSA) is 91.3 Å². The molecule has 2 aromatic heterocycles. The van der Waals surface area contributed by atoms with Crippen LogP contribution in [0.2, 0.25) is 5.15 Å². The lowest BCUT2D eigenvalue weighted by Gasteiger charge is -2.41. The van der Waals surface area contributed by atoms with E-state index < -0.39 is 0 Å². The molecule has 1 aliphatic carbocycles. The van der Waals surface area contributed by atoms with Gasteiger partial charge in [0.1, 0.15) is 11.0 Å². The molecular weight excluding hydrogens is 460 g/mol. The third-order valence-corrected chi connectivity index (χ3v) is 7.17. The van der Waals surface area contributed by atoms with Gasteiger partial charge in [-0.15, -0.1) is 0 Å². The van der Waals surface area contributed by atoms with Crippen molar-refractivity contribution in [2.75, 3.05) is 30.3 Å². The summed E-state index contributed by atoms with van der Waals surface area (Å²) in [6.07, 6.45) is 6.05. The number of carbonyl (C=O) groups excluding carboxylic acids is 2. The molecule has 8 nitrogen and oxygen atoms in total. The number of halogens is 1. The number of rotatable bonds is 7. The quantitative estimate of drug-likeness (QED) is 0.363. The number of piperazine rings is 1. The normalized spacial score (nSPS) is 19.0. The van der Waals surface area contributed by atoms with Gasteiger partial charge < -0.3 is 15.1 Å². The number of nitrogens with one attached hydrogen (secondary N) is 1. The summed E-state index contributed by atoms with van der Waals surface area (Å²) in [5.41, 5.74) is 0.803. The Balaban J connectivity index is 1.31. The van der Waals surface area contributed by atoms with Crippen LogP contribution < -0.4 is 10.2 Å². The summed E-state index contributed by atoms with van der Waals surface area (Å²) in [5, 5.41) is 3.65. The number of thioether (sulfide) groups is 1. The van der Waals surface area contributed by atoms with E-state index in [0.29, 0.717) is 42.4 Å².